The Morgan fingerprint density at radius 3 is 2.80 bits per heavy atom. The van der Waals surface area contributed by atoms with E-state index in [-0.39, 0.29) is 30.1 Å². The highest BCUT2D eigenvalue weighted by Crippen LogP contribution is 2.37. The van der Waals surface area contributed by atoms with Crippen molar-refractivity contribution in [3.05, 3.63) is 59.9 Å². The third-order valence-corrected chi connectivity index (χ3v) is 9.02. The molecular weight excluding hydrogens is 462 g/mol. The van der Waals surface area contributed by atoms with E-state index in [2.05, 4.69) is 16.0 Å². The van der Waals surface area contributed by atoms with Gasteiger partial charge in [0.2, 0.25) is 10.0 Å². The minimum absolute atomic E-state index is 0.0826. The number of hydrogen-bond donors (Lipinski definition) is 1. The second-order valence-corrected chi connectivity index (χ2v) is 11.8. The summed E-state index contributed by atoms with van der Waals surface area (Å²) in [4.78, 5) is 6.56. The number of rotatable bonds is 7. The SMILES string of the molecule is C[C@H](CO)N1C[C@H](C)[C@H](CN(C)Cc2cccnc2)Oc2cc(C3=CCCCC3)ccc2S1(=O)=O. The van der Waals surface area contributed by atoms with Gasteiger partial charge < -0.3 is 9.84 Å². The zero-order valence-corrected chi connectivity index (χ0v) is 21.7. The lowest BCUT2D eigenvalue weighted by molar-refractivity contribution is 0.0733. The summed E-state index contributed by atoms with van der Waals surface area (Å²) >= 11 is 0. The van der Waals surface area contributed by atoms with Crippen LogP contribution in [0.15, 0.2) is 53.7 Å². The molecule has 2 aromatic rings. The molecule has 0 bridgehead atoms. The lowest BCUT2D eigenvalue weighted by Crippen LogP contribution is -2.49. The number of ether oxygens (including phenoxy) is 1. The van der Waals surface area contributed by atoms with Crippen LogP contribution >= 0.6 is 0 Å². The first-order valence-electron chi connectivity index (χ1n) is 12.5. The third kappa shape index (κ3) is 5.94. The molecule has 8 heteroatoms. The van der Waals surface area contributed by atoms with E-state index in [1.165, 1.54) is 16.3 Å². The normalized spacial score (nSPS) is 23.5. The number of aromatic nitrogens is 1. The molecule has 1 N–H and O–H groups in total. The van der Waals surface area contributed by atoms with Crippen molar-refractivity contribution in [3.63, 3.8) is 0 Å². The molecule has 3 atom stereocenters. The first-order chi connectivity index (χ1) is 16.8. The first kappa shape index (κ1) is 25.8. The van der Waals surface area contributed by atoms with Crippen molar-refractivity contribution >= 4 is 15.6 Å². The summed E-state index contributed by atoms with van der Waals surface area (Å²) in [5, 5.41) is 9.85. The van der Waals surface area contributed by atoms with Gasteiger partial charge in [-0.15, -0.1) is 0 Å². The Morgan fingerprint density at radius 2 is 2.11 bits per heavy atom. The molecule has 0 fully saturated rings. The van der Waals surface area contributed by atoms with Crippen LogP contribution in [-0.2, 0) is 16.6 Å². The average molecular weight is 500 g/mol. The summed E-state index contributed by atoms with van der Waals surface area (Å²) < 4.78 is 35.3. The standard InChI is InChI=1S/C27H37N3O4S/c1-20-16-30(21(2)19-31)35(32,33)27-12-11-24(23-9-5-4-6-10-23)14-25(27)34-26(20)18-29(3)17-22-8-7-13-28-15-22/h7-9,11-15,20-21,26,31H,4-6,10,16-19H2,1-3H3/t20-,21+,26-/m0/s1. The second kappa shape index (κ2) is 11.2. The number of pyridine rings is 1. The molecule has 4 rings (SSSR count). The number of aliphatic hydroxyl groups excluding tert-OH is 1. The van der Waals surface area contributed by atoms with Crippen LogP contribution in [0, 0.1) is 5.92 Å². The monoisotopic (exact) mass is 499 g/mol. The van der Waals surface area contributed by atoms with Crippen molar-refractivity contribution in [3.8, 4) is 5.75 Å². The number of benzene rings is 1. The molecule has 0 amide bonds. The Hall–Kier alpha value is -2.26. The van der Waals surface area contributed by atoms with Crippen molar-refractivity contribution in [2.75, 3.05) is 26.7 Å². The minimum atomic E-state index is -3.83. The minimum Gasteiger partial charge on any atom is -0.487 e. The quantitative estimate of drug-likeness (QED) is 0.621. The molecular formula is C27H37N3O4S. The van der Waals surface area contributed by atoms with Crippen LogP contribution in [0.3, 0.4) is 0 Å². The number of likely N-dealkylation sites (N-methyl/N-ethyl adjacent to an activating group) is 1. The van der Waals surface area contributed by atoms with E-state index in [0.29, 0.717) is 12.3 Å². The Morgan fingerprint density at radius 1 is 1.29 bits per heavy atom. The maximum atomic E-state index is 13.7. The van der Waals surface area contributed by atoms with Crippen LogP contribution in [0.25, 0.3) is 5.57 Å². The molecule has 7 nitrogen and oxygen atoms in total. The van der Waals surface area contributed by atoms with Crippen LogP contribution in [-0.4, -0.2) is 66.6 Å². The summed E-state index contributed by atoms with van der Waals surface area (Å²) in [7, 11) is -1.79. The Kier molecular flexibility index (Phi) is 8.27. The lowest BCUT2D eigenvalue weighted by atomic mass is 9.93. The van der Waals surface area contributed by atoms with Crippen molar-refractivity contribution in [1.29, 1.82) is 0 Å². The molecule has 190 valence electrons. The van der Waals surface area contributed by atoms with Crippen LogP contribution in [0.4, 0.5) is 0 Å². The number of hydrogen-bond acceptors (Lipinski definition) is 6. The lowest BCUT2D eigenvalue weighted by Gasteiger charge is -2.37. The summed E-state index contributed by atoms with van der Waals surface area (Å²) in [6.07, 6.45) is 10.0. The van der Waals surface area contributed by atoms with Crippen molar-refractivity contribution in [2.24, 2.45) is 5.92 Å². The van der Waals surface area contributed by atoms with Gasteiger partial charge in [0, 0.05) is 44.0 Å². The van der Waals surface area contributed by atoms with Crippen LogP contribution < -0.4 is 4.74 Å². The molecule has 0 saturated heterocycles. The van der Waals surface area contributed by atoms with Gasteiger partial charge in [-0.25, -0.2) is 8.42 Å². The molecule has 1 aliphatic carbocycles. The molecule has 0 saturated carbocycles. The fraction of sp³-hybridized carbons (Fsp3) is 0.519. The third-order valence-electron chi connectivity index (χ3n) is 7.00. The summed E-state index contributed by atoms with van der Waals surface area (Å²) in [5.74, 6) is 0.316. The molecule has 0 spiro atoms. The highest BCUT2D eigenvalue weighted by Gasteiger charge is 2.38. The molecule has 0 unspecified atom stereocenters. The van der Waals surface area contributed by atoms with Gasteiger partial charge in [-0.2, -0.15) is 4.31 Å². The van der Waals surface area contributed by atoms with Crippen molar-refractivity contribution in [1.82, 2.24) is 14.2 Å². The maximum absolute atomic E-state index is 13.7. The van der Waals surface area contributed by atoms with Crippen molar-refractivity contribution < 1.29 is 18.3 Å². The van der Waals surface area contributed by atoms with Crippen LogP contribution in [0.5, 0.6) is 5.75 Å². The van der Waals surface area contributed by atoms with E-state index in [1.807, 2.05) is 44.4 Å². The van der Waals surface area contributed by atoms with E-state index >= 15 is 0 Å². The number of sulfonamides is 1. The molecule has 35 heavy (non-hydrogen) atoms. The summed E-state index contributed by atoms with van der Waals surface area (Å²) in [5.41, 5.74) is 3.38. The molecule has 2 aliphatic rings. The molecule has 2 heterocycles. The van der Waals surface area contributed by atoms with E-state index in [1.54, 1.807) is 19.2 Å². The zero-order valence-electron chi connectivity index (χ0n) is 20.9. The highest BCUT2D eigenvalue weighted by atomic mass is 32.2. The highest BCUT2D eigenvalue weighted by molar-refractivity contribution is 7.89. The van der Waals surface area contributed by atoms with Gasteiger partial charge in [-0.3, -0.25) is 9.88 Å². The van der Waals surface area contributed by atoms with E-state index in [4.69, 9.17) is 4.74 Å². The van der Waals surface area contributed by atoms with E-state index in [0.717, 1.165) is 36.9 Å². The zero-order chi connectivity index (χ0) is 25.0. The van der Waals surface area contributed by atoms with Crippen LogP contribution in [0.2, 0.25) is 0 Å². The number of aliphatic hydroxyl groups is 1. The first-order valence-corrected chi connectivity index (χ1v) is 13.9. The Labute approximate surface area is 209 Å². The predicted octanol–water partition coefficient (Wildman–Crippen LogP) is 3.94. The van der Waals surface area contributed by atoms with Gasteiger partial charge in [-0.05, 0) is 74.6 Å². The van der Waals surface area contributed by atoms with Gasteiger partial charge in [0.1, 0.15) is 16.7 Å². The number of nitrogens with zero attached hydrogens (tertiary/aromatic N) is 3. The van der Waals surface area contributed by atoms with E-state index in [9.17, 15) is 13.5 Å². The predicted molar refractivity (Wildman–Crippen MR) is 137 cm³/mol. The van der Waals surface area contributed by atoms with E-state index < -0.39 is 16.1 Å². The molecule has 1 aliphatic heterocycles. The van der Waals surface area contributed by atoms with Crippen molar-refractivity contribution in [2.45, 2.75) is 63.1 Å². The second-order valence-electron chi connectivity index (χ2n) is 9.93. The van der Waals surface area contributed by atoms with Gasteiger partial charge in [0.05, 0.1) is 6.61 Å². The topological polar surface area (TPSA) is 83.0 Å². The smallest absolute Gasteiger partial charge is 0.247 e. The molecule has 0 radical (unpaired) electrons. The number of fused-ring (bicyclic) bond motifs is 1. The van der Waals surface area contributed by atoms with Gasteiger partial charge in [0.15, 0.2) is 0 Å². The maximum Gasteiger partial charge on any atom is 0.247 e. The van der Waals surface area contributed by atoms with Gasteiger partial charge in [0.25, 0.3) is 0 Å². The van der Waals surface area contributed by atoms with Gasteiger partial charge in [-0.1, -0.05) is 25.1 Å². The fourth-order valence-electron chi connectivity index (χ4n) is 4.92. The largest absolute Gasteiger partial charge is 0.487 e. The molecule has 1 aromatic heterocycles. The molecule has 1 aromatic carbocycles. The number of allylic oxidation sites excluding steroid dienone is 2. The van der Waals surface area contributed by atoms with Gasteiger partial charge >= 0.3 is 0 Å². The van der Waals surface area contributed by atoms with Crippen LogP contribution in [0.1, 0.15) is 50.7 Å². The summed E-state index contributed by atoms with van der Waals surface area (Å²) in [6, 6.07) is 8.92. The summed E-state index contributed by atoms with van der Waals surface area (Å²) in [6.45, 7) is 5.16. The Bertz CT molecular complexity index is 1140. The average Bonchev–Trinajstić information content (AvgIpc) is 2.86. The fourth-order valence-corrected chi connectivity index (χ4v) is 6.74. The Balaban J connectivity index is 1.69.